The minimum Gasteiger partial charge on any atom is -0.492 e. The summed E-state index contributed by atoms with van der Waals surface area (Å²) in [5.74, 6) is -0.0357. The lowest BCUT2D eigenvalue weighted by Crippen LogP contribution is -2.34. The maximum Gasteiger partial charge on any atom is 0.338 e. The molecule has 0 aliphatic heterocycles. The lowest BCUT2D eigenvalue weighted by molar-refractivity contribution is 0.0526. The molecule has 0 heterocycles. The molecule has 0 saturated heterocycles. The molecule has 1 amide bonds. The number of esters is 1. The molecule has 0 fully saturated rings. The zero-order valence-corrected chi connectivity index (χ0v) is 18.7. The van der Waals surface area contributed by atoms with Crippen molar-refractivity contribution in [2.24, 2.45) is 0 Å². The van der Waals surface area contributed by atoms with Gasteiger partial charge in [-0.15, -0.1) is 0 Å². The van der Waals surface area contributed by atoms with Crippen LogP contribution < -0.4 is 15.4 Å². The predicted octanol–water partition coefficient (Wildman–Crippen LogP) is 4.93. The van der Waals surface area contributed by atoms with Crippen molar-refractivity contribution in [2.45, 2.75) is 26.7 Å². The number of hydrogen-bond donors (Lipinski definition) is 2. The van der Waals surface area contributed by atoms with Gasteiger partial charge in [-0.2, -0.15) is 0 Å². The van der Waals surface area contributed by atoms with Crippen molar-refractivity contribution in [1.29, 1.82) is 0 Å². The Labute approximate surface area is 184 Å². The summed E-state index contributed by atoms with van der Waals surface area (Å²) in [5, 5.41) is 5.69. The monoisotopic (exact) mass is 478 g/mol. The number of hydrogen-bond acceptors (Lipinski definition) is 5. The van der Waals surface area contributed by atoms with E-state index < -0.39 is 0 Å². The van der Waals surface area contributed by atoms with Crippen LogP contribution in [0.25, 0.3) is 0 Å². The van der Waals surface area contributed by atoms with E-state index in [9.17, 15) is 9.59 Å². The molecular weight excluding hydrogens is 456 g/mol. The average Bonchev–Trinajstić information content (AvgIpc) is 2.70. The highest BCUT2D eigenvalue weighted by molar-refractivity contribution is 9.10. The summed E-state index contributed by atoms with van der Waals surface area (Å²) in [4.78, 5) is 24.1. The number of carbonyl (C=O) groups excluding carboxylic acids is 2. The number of anilines is 1. The minimum absolute atomic E-state index is 0.151. The highest BCUT2D eigenvalue weighted by Crippen LogP contribution is 2.26. The van der Waals surface area contributed by atoms with E-state index in [-0.39, 0.29) is 17.0 Å². The molecule has 29 heavy (non-hydrogen) atoms. The average molecular weight is 479 g/mol. The molecular formula is C21H23BrN2O4S. The van der Waals surface area contributed by atoms with Gasteiger partial charge in [0.25, 0.3) is 5.91 Å². The van der Waals surface area contributed by atoms with Gasteiger partial charge in [0.1, 0.15) is 5.75 Å². The van der Waals surface area contributed by atoms with Crippen LogP contribution in [-0.4, -0.2) is 30.2 Å². The fourth-order valence-corrected chi connectivity index (χ4v) is 3.03. The Morgan fingerprint density at radius 3 is 2.38 bits per heavy atom. The molecule has 2 N–H and O–H groups in total. The highest BCUT2D eigenvalue weighted by Gasteiger charge is 2.12. The first-order valence-corrected chi connectivity index (χ1v) is 10.5. The topological polar surface area (TPSA) is 76.7 Å². The van der Waals surface area contributed by atoms with E-state index in [4.69, 9.17) is 21.7 Å². The number of unbranched alkanes of at least 4 members (excludes halogenated alkanes) is 1. The van der Waals surface area contributed by atoms with Crippen molar-refractivity contribution < 1.29 is 19.1 Å². The van der Waals surface area contributed by atoms with Crippen molar-refractivity contribution in [3.63, 3.8) is 0 Å². The predicted molar refractivity (Wildman–Crippen MR) is 121 cm³/mol. The van der Waals surface area contributed by atoms with Gasteiger partial charge in [0, 0.05) is 11.3 Å². The number of thiocarbonyl (C=S) groups is 1. The van der Waals surface area contributed by atoms with E-state index in [2.05, 4.69) is 33.5 Å². The van der Waals surface area contributed by atoms with Crippen molar-refractivity contribution in [3.05, 3.63) is 58.1 Å². The van der Waals surface area contributed by atoms with Gasteiger partial charge in [-0.3, -0.25) is 10.1 Å². The van der Waals surface area contributed by atoms with E-state index in [0.717, 1.165) is 12.8 Å². The van der Waals surface area contributed by atoms with Gasteiger partial charge in [-0.25, -0.2) is 4.79 Å². The van der Waals surface area contributed by atoms with Crippen LogP contribution in [-0.2, 0) is 4.74 Å². The number of benzene rings is 2. The second-order valence-corrected chi connectivity index (χ2v) is 7.32. The molecule has 0 aromatic heterocycles. The van der Waals surface area contributed by atoms with Gasteiger partial charge >= 0.3 is 5.97 Å². The van der Waals surface area contributed by atoms with E-state index in [1.54, 1.807) is 49.4 Å². The first-order valence-electron chi connectivity index (χ1n) is 9.26. The number of amides is 1. The summed E-state index contributed by atoms with van der Waals surface area (Å²) < 4.78 is 11.3. The Morgan fingerprint density at radius 2 is 1.76 bits per heavy atom. The van der Waals surface area contributed by atoms with Crippen LogP contribution in [0.15, 0.2) is 46.9 Å². The van der Waals surface area contributed by atoms with Crippen LogP contribution in [0.5, 0.6) is 5.75 Å². The Balaban J connectivity index is 1.92. The van der Waals surface area contributed by atoms with Crippen LogP contribution in [0.2, 0.25) is 0 Å². The normalized spacial score (nSPS) is 10.2. The lowest BCUT2D eigenvalue weighted by atomic mass is 10.2. The molecule has 0 aliphatic rings. The molecule has 2 aromatic rings. The standard InChI is InChI=1S/C21H23BrN2O4S/c1-3-5-12-28-18-11-8-15(13-17(18)22)19(25)24-21(29)23-16-9-6-14(7-10-16)20(26)27-4-2/h6-11,13H,3-5,12H2,1-2H3,(H2,23,24,25,29). The lowest BCUT2D eigenvalue weighted by Gasteiger charge is -2.12. The van der Waals surface area contributed by atoms with Gasteiger partial charge in [-0.05, 0) is 84.0 Å². The van der Waals surface area contributed by atoms with Crippen LogP contribution >= 0.6 is 28.1 Å². The van der Waals surface area contributed by atoms with E-state index in [1.807, 2.05) is 0 Å². The molecule has 0 atom stereocenters. The van der Waals surface area contributed by atoms with Crippen LogP contribution in [0, 0.1) is 0 Å². The summed E-state index contributed by atoms with van der Waals surface area (Å²) in [6, 6.07) is 11.7. The molecule has 154 valence electrons. The van der Waals surface area contributed by atoms with Crippen molar-refractivity contribution in [2.75, 3.05) is 18.5 Å². The molecule has 2 rings (SSSR count). The smallest absolute Gasteiger partial charge is 0.338 e. The van der Waals surface area contributed by atoms with Crippen LogP contribution in [0.3, 0.4) is 0 Å². The molecule has 0 radical (unpaired) electrons. The molecule has 0 bridgehead atoms. The second kappa shape index (κ2) is 11.5. The second-order valence-electron chi connectivity index (χ2n) is 6.05. The number of halogens is 1. The zero-order valence-electron chi connectivity index (χ0n) is 16.3. The largest absolute Gasteiger partial charge is 0.492 e. The van der Waals surface area contributed by atoms with Gasteiger partial charge in [0.05, 0.1) is 23.2 Å². The van der Waals surface area contributed by atoms with E-state index in [0.29, 0.717) is 40.3 Å². The van der Waals surface area contributed by atoms with Crippen molar-refractivity contribution in [3.8, 4) is 5.75 Å². The third-order valence-electron chi connectivity index (χ3n) is 3.83. The van der Waals surface area contributed by atoms with Crippen LogP contribution in [0.4, 0.5) is 5.69 Å². The minimum atomic E-state index is -0.386. The quantitative estimate of drug-likeness (QED) is 0.318. The molecule has 0 spiro atoms. The summed E-state index contributed by atoms with van der Waals surface area (Å²) >= 11 is 8.62. The Morgan fingerprint density at radius 1 is 1.07 bits per heavy atom. The zero-order chi connectivity index (χ0) is 21.2. The summed E-state index contributed by atoms with van der Waals surface area (Å²) in [6.07, 6.45) is 2.02. The summed E-state index contributed by atoms with van der Waals surface area (Å²) in [6.45, 7) is 4.79. The molecule has 0 saturated carbocycles. The van der Waals surface area contributed by atoms with Gasteiger partial charge in [0.15, 0.2) is 5.11 Å². The van der Waals surface area contributed by atoms with Crippen molar-refractivity contribution in [1.82, 2.24) is 5.32 Å². The molecule has 2 aromatic carbocycles. The summed E-state index contributed by atoms with van der Waals surface area (Å²) in [7, 11) is 0. The maximum absolute atomic E-state index is 12.4. The van der Waals surface area contributed by atoms with Crippen LogP contribution in [0.1, 0.15) is 47.4 Å². The van der Waals surface area contributed by atoms with E-state index in [1.165, 1.54) is 0 Å². The third-order valence-corrected chi connectivity index (χ3v) is 4.65. The Kier molecular flexibility index (Phi) is 9.08. The molecule has 8 heteroatoms. The summed E-state index contributed by atoms with van der Waals surface area (Å²) in [5.41, 5.74) is 1.53. The Hall–Kier alpha value is -2.45. The van der Waals surface area contributed by atoms with E-state index >= 15 is 0 Å². The fraction of sp³-hybridized carbons (Fsp3) is 0.286. The van der Waals surface area contributed by atoms with Gasteiger partial charge < -0.3 is 14.8 Å². The molecule has 0 aliphatic carbocycles. The third kappa shape index (κ3) is 7.14. The number of carbonyl (C=O) groups is 2. The molecule has 0 unspecified atom stereocenters. The number of ether oxygens (including phenoxy) is 2. The van der Waals surface area contributed by atoms with Gasteiger partial charge in [0.2, 0.25) is 0 Å². The number of rotatable bonds is 8. The first kappa shape index (κ1) is 22.8. The van der Waals surface area contributed by atoms with Crippen molar-refractivity contribution >= 4 is 50.8 Å². The fourth-order valence-electron chi connectivity index (χ4n) is 2.33. The SMILES string of the molecule is CCCCOc1ccc(C(=O)NC(=S)Nc2ccc(C(=O)OCC)cc2)cc1Br. The Bertz CT molecular complexity index is 871. The highest BCUT2D eigenvalue weighted by atomic mass is 79.9. The first-order chi connectivity index (χ1) is 13.9. The maximum atomic E-state index is 12.4. The molecule has 6 nitrogen and oxygen atoms in total. The number of nitrogens with one attached hydrogen (secondary N) is 2. The van der Waals surface area contributed by atoms with Gasteiger partial charge in [-0.1, -0.05) is 13.3 Å².